The summed E-state index contributed by atoms with van der Waals surface area (Å²) in [5.41, 5.74) is 5.53. The smallest absolute Gasteiger partial charge is 0.116 e. The molecule has 0 saturated carbocycles. The van der Waals surface area contributed by atoms with Crippen molar-refractivity contribution in [1.29, 1.82) is 0 Å². The Morgan fingerprint density at radius 1 is 1.25 bits per heavy atom. The summed E-state index contributed by atoms with van der Waals surface area (Å²) in [4.78, 5) is 0. The summed E-state index contributed by atoms with van der Waals surface area (Å²) >= 11 is 0. The molecule has 1 heterocycles. The van der Waals surface area contributed by atoms with Crippen LogP contribution in [0, 0.1) is 0 Å². The van der Waals surface area contributed by atoms with Crippen LogP contribution >= 0.6 is 0 Å². The van der Waals surface area contributed by atoms with E-state index in [0.717, 1.165) is 11.3 Å². The van der Waals surface area contributed by atoms with Gasteiger partial charge in [0.05, 0.1) is 11.9 Å². The van der Waals surface area contributed by atoms with Crippen molar-refractivity contribution in [3.63, 3.8) is 0 Å². The number of benzene rings is 1. The molecule has 59 valence electrons. The zero-order valence-electron chi connectivity index (χ0n) is 6.31. The number of phenolic OH excluding ortho intramolecular Hbond substituents is 1. The van der Waals surface area contributed by atoms with Gasteiger partial charge in [0.25, 0.3) is 0 Å². The third kappa shape index (κ3) is 1.16. The average molecular weight is 159 g/mol. The Balaban J connectivity index is 2.35. The highest BCUT2D eigenvalue weighted by Crippen LogP contribution is 2.19. The van der Waals surface area contributed by atoms with E-state index in [2.05, 4.69) is 10.5 Å². The lowest BCUT2D eigenvalue weighted by Gasteiger charge is -1.99. The lowest BCUT2D eigenvalue weighted by molar-refractivity contribution is 0.475. The summed E-state index contributed by atoms with van der Waals surface area (Å²) in [6, 6.07) is 6.94. The third-order valence-corrected chi connectivity index (χ3v) is 1.61. The van der Waals surface area contributed by atoms with Gasteiger partial charge in [-0.3, -0.25) is 0 Å². The van der Waals surface area contributed by atoms with Crippen LogP contribution in [0.2, 0.25) is 0 Å². The fourth-order valence-electron chi connectivity index (χ4n) is 1.05. The predicted octanol–water partition coefficient (Wildman–Crippen LogP) is 1.34. The molecule has 0 unspecified atom stereocenters. The molecule has 0 bridgehead atoms. The predicted molar refractivity (Wildman–Crippen MR) is 46.7 cm³/mol. The normalized spacial score (nSPS) is 14.2. The number of aromatic hydroxyl groups is 1. The first-order chi connectivity index (χ1) is 5.86. The van der Waals surface area contributed by atoms with Gasteiger partial charge in [-0.1, -0.05) is 12.1 Å². The van der Waals surface area contributed by atoms with Crippen LogP contribution in [0.3, 0.4) is 0 Å². The Kier molecular flexibility index (Phi) is 1.55. The summed E-state index contributed by atoms with van der Waals surface area (Å²) in [7, 11) is 0. The van der Waals surface area contributed by atoms with Crippen LogP contribution in [0.4, 0.5) is 0 Å². The highest BCUT2D eigenvalue weighted by molar-refractivity contribution is 5.87. The van der Waals surface area contributed by atoms with Crippen molar-refractivity contribution in [2.24, 2.45) is 5.10 Å². The number of rotatable bonds is 1. The van der Waals surface area contributed by atoms with E-state index >= 15 is 0 Å². The van der Waals surface area contributed by atoms with Crippen LogP contribution < -0.4 is 5.43 Å². The molecule has 0 spiro atoms. The minimum atomic E-state index is 0.246. The van der Waals surface area contributed by atoms with Gasteiger partial charge in [0, 0.05) is 5.56 Å². The van der Waals surface area contributed by atoms with Gasteiger partial charge in [-0.15, -0.1) is 0 Å². The first kappa shape index (κ1) is 6.91. The maximum Gasteiger partial charge on any atom is 0.116 e. The van der Waals surface area contributed by atoms with Crippen molar-refractivity contribution in [2.75, 3.05) is 0 Å². The van der Waals surface area contributed by atoms with Crippen molar-refractivity contribution in [2.45, 2.75) is 0 Å². The summed E-state index contributed by atoms with van der Waals surface area (Å²) in [6.45, 7) is 0. The fraction of sp³-hybridized carbons (Fsp3) is 0. The maximum absolute atomic E-state index is 9.16. The van der Waals surface area contributed by atoms with Gasteiger partial charge in [-0.25, -0.2) is 0 Å². The average Bonchev–Trinajstić information content (AvgIpc) is 2.56. The molecule has 12 heavy (non-hydrogen) atoms. The summed E-state index contributed by atoms with van der Waals surface area (Å²) < 4.78 is 0. The van der Waals surface area contributed by atoms with Gasteiger partial charge in [0.1, 0.15) is 5.75 Å². The molecule has 1 aliphatic heterocycles. The lowest BCUT2D eigenvalue weighted by Crippen LogP contribution is -1.90. The molecule has 3 nitrogen and oxygen atoms in total. The van der Waals surface area contributed by atoms with Crippen LogP contribution in [0.5, 0.6) is 5.75 Å². The monoisotopic (exact) mass is 159 g/mol. The van der Waals surface area contributed by atoms with Gasteiger partial charge in [-0.2, -0.15) is 10.5 Å². The standard InChI is InChI=1S/C9H7N2O/c12-8-3-1-2-7(6-8)9-4-5-10-11-9/h1-6,12H. The van der Waals surface area contributed by atoms with E-state index in [1.165, 1.54) is 0 Å². The van der Waals surface area contributed by atoms with E-state index in [4.69, 9.17) is 5.11 Å². The number of nitrogens with zero attached hydrogens (tertiary/aromatic N) is 2. The minimum absolute atomic E-state index is 0.246. The molecule has 1 aromatic carbocycles. The highest BCUT2D eigenvalue weighted by atomic mass is 16.3. The van der Waals surface area contributed by atoms with E-state index in [1.54, 1.807) is 30.5 Å². The Hall–Kier alpha value is -1.77. The summed E-state index contributed by atoms with van der Waals surface area (Å²) in [5, 5.41) is 12.9. The van der Waals surface area contributed by atoms with Crippen LogP contribution in [0.25, 0.3) is 5.70 Å². The lowest BCUT2D eigenvalue weighted by atomic mass is 10.1. The van der Waals surface area contributed by atoms with Crippen molar-refractivity contribution < 1.29 is 5.11 Å². The van der Waals surface area contributed by atoms with E-state index in [1.807, 2.05) is 6.07 Å². The van der Waals surface area contributed by atoms with Crippen molar-refractivity contribution in [1.82, 2.24) is 5.43 Å². The van der Waals surface area contributed by atoms with Crippen LogP contribution in [0.15, 0.2) is 35.4 Å². The molecule has 1 N–H and O–H groups in total. The van der Waals surface area contributed by atoms with E-state index in [-0.39, 0.29) is 5.75 Å². The molecular weight excluding hydrogens is 152 g/mol. The molecular formula is C9H7N2O. The Morgan fingerprint density at radius 2 is 2.17 bits per heavy atom. The second-order valence-electron chi connectivity index (χ2n) is 2.47. The van der Waals surface area contributed by atoms with Gasteiger partial charge >= 0.3 is 0 Å². The minimum Gasteiger partial charge on any atom is -0.508 e. The zero-order valence-corrected chi connectivity index (χ0v) is 6.31. The van der Waals surface area contributed by atoms with Gasteiger partial charge in [-0.05, 0) is 18.2 Å². The second-order valence-corrected chi connectivity index (χ2v) is 2.47. The maximum atomic E-state index is 9.16. The number of hydrogen-bond donors (Lipinski definition) is 1. The largest absolute Gasteiger partial charge is 0.508 e. The molecule has 0 atom stereocenters. The van der Waals surface area contributed by atoms with Gasteiger partial charge < -0.3 is 5.11 Å². The van der Waals surface area contributed by atoms with Crippen molar-refractivity contribution in [3.8, 4) is 5.75 Å². The zero-order chi connectivity index (χ0) is 8.39. The number of phenols is 1. The van der Waals surface area contributed by atoms with E-state index < -0.39 is 0 Å². The molecule has 0 aromatic heterocycles. The number of hydrogen-bond acceptors (Lipinski definition) is 2. The second kappa shape index (κ2) is 2.70. The SMILES string of the molecule is Oc1cccc(C2=CC=N[N]2)c1. The van der Waals surface area contributed by atoms with Crippen LogP contribution in [-0.4, -0.2) is 11.3 Å². The number of allylic oxidation sites excluding steroid dienone is 1. The molecule has 0 saturated heterocycles. The topological polar surface area (TPSA) is 46.7 Å². The Morgan fingerprint density at radius 3 is 2.83 bits per heavy atom. The molecule has 0 amide bonds. The fourth-order valence-corrected chi connectivity index (χ4v) is 1.05. The third-order valence-electron chi connectivity index (χ3n) is 1.61. The highest BCUT2D eigenvalue weighted by Gasteiger charge is 2.04. The first-order valence-corrected chi connectivity index (χ1v) is 3.60. The summed E-state index contributed by atoms with van der Waals surface area (Å²) in [6.07, 6.45) is 3.42. The Labute approximate surface area is 70.0 Å². The Bertz CT molecular complexity index is 355. The molecule has 1 aromatic rings. The quantitative estimate of drug-likeness (QED) is 0.660. The summed E-state index contributed by atoms with van der Waals surface area (Å²) in [5.74, 6) is 0.246. The van der Waals surface area contributed by atoms with Crippen LogP contribution in [-0.2, 0) is 0 Å². The molecule has 0 aliphatic carbocycles. The van der Waals surface area contributed by atoms with Gasteiger partial charge in [0.2, 0.25) is 0 Å². The molecule has 1 aliphatic rings. The molecule has 2 rings (SSSR count). The van der Waals surface area contributed by atoms with E-state index in [9.17, 15) is 0 Å². The molecule has 1 radical (unpaired) electrons. The van der Waals surface area contributed by atoms with Crippen molar-refractivity contribution in [3.05, 3.63) is 35.9 Å². The molecule has 0 fully saturated rings. The van der Waals surface area contributed by atoms with Crippen molar-refractivity contribution >= 4 is 11.9 Å². The van der Waals surface area contributed by atoms with Crippen LogP contribution in [0.1, 0.15) is 5.56 Å². The molecule has 3 heteroatoms. The first-order valence-electron chi connectivity index (χ1n) is 3.60. The van der Waals surface area contributed by atoms with Gasteiger partial charge in [0.15, 0.2) is 0 Å². The van der Waals surface area contributed by atoms with E-state index in [0.29, 0.717) is 0 Å².